The Bertz CT molecular complexity index is 542. The fourth-order valence-electron chi connectivity index (χ4n) is 1.85. The molecule has 1 heterocycles. The highest BCUT2D eigenvalue weighted by Crippen LogP contribution is 2.34. The van der Waals surface area contributed by atoms with E-state index in [9.17, 15) is 8.42 Å². The lowest BCUT2D eigenvalue weighted by Gasteiger charge is -2.23. The molecule has 19 heavy (non-hydrogen) atoms. The first kappa shape index (κ1) is 14.0. The molecular formula is C13H19NO4S. The second kappa shape index (κ2) is 5.69. The molecule has 0 radical (unpaired) electrons. The molecule has 1 aliphatic rings. The number of hydrogen-bond donors (Lipinski definition) is 0. The smallest absolute Gasteiger partial charge is 0.234 e. The van der Waals surface area contributed by atoms with Gasteiger partial charge in [-0.05, 0) is 18.6 Å². The van der Waals surface area contributed by atoms with Crippen LogP contribution < -0.4 is 13.8 Å². The minimum absolute atomic E-state index is 0.161. The van der Waals surface area contributed by atoms with Crippen molar-refractivity contribution in [1.29, 1.82) is 0 Å². The zero-order chi connectivity index (χ0) is 13.9. The van der Waals surface area contributed by atoms with Crippen LogP contribution in [0.3, 0.4) is 0 Å². The number of fused-ring (bicyclic) bond motifs is 1. The molecule has 106 valence electrons. The van der Waals surface area contributed by atoms with Gasteiger partial charge in [-0.15, -0.1) is 0 Å². The van der Waals surface area contributed by atoms with Gasteiger partial charge in [0.05, 0.1) is 11.4 Å². The molecule has 1 aliphatic heterocycles. The van der Waals surface area contributed by atoms with Crippen LogP contribution >= 0.6 is 0 Å². The Morgan fingerprint density at radius 3 is 2.58 bits per heavy atom. The summed E-state index contributed by atoms with van der Waals surface area (Å²) >= 11 is 0. The van der Waals surface area contributed by atoms with E-state index >= 15 is 0 Å². The summed E-state index contributed by atoms with van der Waals surface area (Å²) in [7, 11) is -1.70. The summed E-state index contributed by atoms with van der Waals surface area (Å²) in [4.78, 5) is 0. The van der Waals surface area contributed by atoms with Gasteiger partial charge in [0.1, 0.15) is 13.2 Å². The maximum Gasteiger partial charge on any atom is 0.234 e. The molecule has 0 aromatic heterocycles. The molecule has 0 unspecified atom stereocenters. The molecule has 6 heteroatoms. The molecule has 0 atom stereocenters. The lowest BCUT2D eigenvalue weighted by molar-refractivity contribution is 0.171. The van der Waals surface area contributed by atoms with Gasteiger partial charge in [0.25, 0.3) is 0 Å². The lowest BCUT2D eigenvalue weighted by atomic mass is 10.2. The van der Waals surface area contributed by atoms with Crippen LogP contribution in [0, 0.1) is 0 Å². The molecular weight excluding hydrogens is 266 g/mol. The lowest BCUT2D eigenvalue weighted by Crippen LogP contribution is -2.29. The van der Waals surface area contributed by atoms with Gasteiger partial charge < -0.3 is 9.47 Å². The number of benzene rings is 1. The molecule has 0 aliphatic carbocycles. The van der Waals surface area contributed by atoms with Crippen LogP contribution in [0.4, 0.5) is 5.69 Å². The minimum atomic E-state index is -3.27. The molecule has 0 spiro atoms. The van der Waals surface area contributed by atoms with Crippen molar-refractivity contribution in [3.05, 3.63) is 18.2 Å². The van der Waals surface area contributed by atoms with Crippen LogP contribution in [0.25, 0.3) is 0 Å². The standard InChI is InChI=1S/C13H19NO4S/c1-3-4-9-19(15,16)14(2)11-5-6-12-13(10-11)18-8-7-17-12/h5-6,10H,3-4,7-9H2,1-2H3. The normalized spacial score (nSPS) is 14.2. The monoisotopic (exact) mass is 285 g/mol. The fraction of sp³-hybridized carbons (Fsp3) is 0.538. The Labute approximate surface area is 114 Å². The second-order valence-corrected chi connectivity index (χ2v) is 6.58. The van der Waals surface area contributed by atoms with Gasteiger partial charge in [-0.3, -0.25) is 4.31 Å². The van der Waals surface area contributed by atoms with Crippen LogP contribution in [0.5, 0.6) is 11.5 Å². The summed E-state index contributed by atoms with van der Waals surface area (Å²) in [6, 6.07) is 5.19. The molecule has 1 aromatic carbocycles. The van der Waals surface area contributed by atoms with Gasteiger partial charge >= 0.3 is 0 Å². The van der Waals surface area contributed by atoms with E-state index in [0.29, 0.717) is 36.8 Å². The van der Waals surface area contributed by atoms with Crippen molar-refractivity contribution in [2.24, 2.45) is 0 Å². The summed E-state index contributed by atoms with van der Waals surface area (Å²) in [6.07, 6.45) is 1.52. The third kappa shape index (κ3) is 3.12. The Hall–Kier alpha value is -1.43. The highest BCUT2D eigenvalue weighted by Gasteiger charge is 2.20. The summed E-state index contributed by atoms with van der Waals surface area (Å²) < 4.78 is 36.4. The van der Waals surface area contributed by atoms with E-state index in [0.717, 1.165) is 6.42 Å². The van der Waals surface area contributed by atoms with Crippen molar-refractivity contribution in [3.8, 4) is 11.5 Å². The summed E-state index contributed by atoms with van der Waals surface area (Å²) in [5, 5.41) is 0. The van der Waals surface area contributed by atoms with Crippen LogP contribution in [0.1, 0.15) is 19.8 Å². The van der Waals surface area contributed by atoms with Crippen molar-refractivity contribution >= 4 is 15.7 Å². The molecule has 0 fully saturated rings. The van der Waals surface area contributed by atoms with Crippen LogP contribution in [0.15, 0.2) is 18.2 Å². The molecule has 0 bridgehead atoms. The van der Waals surface area contributed by atoms with E-state index in [1.54, 1.807) is 25.2 Å². The number of sulfonamides is 1. The molecule has 0 N–H and O–H groups in total. The first-order valence-electron chi connectivity index (χ1n) is 6.41. The van der Waals surface area contributed by atoms with E-state index in [-0.39, 0.29) is 5.75 Å². The number of unbranched alkanes of at least 4 members (excludes halogenated alkanes) is 1. The average molecular weight is 285 g/mol. The quantitative estimate of drug-likeness (QED) is 0.830. The van der Waals surface area contributed by atoms with Crippen LogP contribution in [-0.4, -0.2) is 34.4 Å². The highest BCUT2D eigenvalue weighted by atomic mass is 32.2. The van der Waals surface area contributed by atoms with Crippen molar-refractivity contribution in [1.82, 2.24) is 0 Å². The zero-order valence-corrected chi connectivity index (χ0v) is 12.1. The van der Waals surface area contributed by atoms with Gasteiger partial charge in [-0.2, -0.15) is 0 Å². The minimum Gasteiger partial charge on any atom is -0.486 e. The molecule has 1 aromatic rings. The van der Waals surface area contributed by atoms with Gasteiger partial charge in [0.15, 0.2) is 11.5 Å². The number of hydrogen-bond acceptors (Lipinski definition) is 4. The topological polar surface area (TPSA) is 55.8 Å². The maximum atomic E-state index is 12.1. The molecule has 0 amide bonds. The third-order valence-electron chi connectivity index (χ3n) is 3.06. The predicted octanol–water partition coefficient (Wildman–Crippen LogP) is 2.02. The van der Waals surface area contributed by atoms with Gasteiger partial charge in [-0.25, -0.2) is 8.42 Å². The van der Waals surface area contributed by atoms with Crippen molar-refractivity contribution in [2.75, 3.05) is 30.3 Å². The fourth-order valence-corrected chi connectivity index (χ4v) is 3.21. The molecule has 2 rings (SSSR count). The number of nitrogens with zero attached hydrogens (tertiary/aromatic N) is 1. The summed E-state index contributed by atoms with van der Waals surface area (Å²) in [5.41, 5.74) is 0.598. The first-order valence-corrected chi connectivity index (χ1v) is 8.02. The Morgan fingerprint density at radius 2 is 1.89 bits per heavy atom. The zero-order valence-electron chi connectivity index (χ0n) is 11.3. The number of anilines is 1. The Kier molecular flexibility index (Phi) is 4.19. The van der Waals surface area contributed by atoms with E-state index in [4.69, 9.17) is 9.47 Å². The van der Waals surface area contributed by atoms with Crippen molar-refractivity contribution < 1.29 is 17.9 Å². The number of rotatable bonds is 5. The first-order chi connectivity index (χ1) is 9.04. The van der Waals surface area contributed by atoms with Crippen LogP contribution in [-0.2, 0) is 10.0 Å². The second-order valence-electron chi connectivity index (χ2n) is 4.47. The largest absolute Gasteiger partial charge is 0.486 e. The van der Waals surface area contributed by atoms with Gasteiger partial charge in [-0.1, -0.05) is 13.3 Å². The van der Waals surface area contributed by atoms with E-state index in [2.05, 4.69) is 0 Å². The molecule has 0 saturated heterocycles. The van der Waals surface area contributed by atoms with Gasteiger partial charge in [0, 0.05) is 13.1 Å². The van der Waals surface area contributed by atoms with E-state index < -0.39 is 10.0 Å². The molecule has 5 nitrogen and oxygen atoms in total. The Balaban J connectivity index is 2.21. The van der Waals surface area contributed by atoms with Crippen molar-refractivity contribution in [2.45, 2.75) is 19.8 Å². The van der Waals surface area contributed by atoms with Gasteiger partial charge in [0.2, 0.25) is 10.0 Å². The van der Waals surface area contributed by atoms with E-state index in [1.807, 2.05) is 6.92 Å². The van der Waals surface area contributed by atoms with Crippen LogP contribution in [0.2, 0.25) is 0 Å². The summed E-state index contributed by atoms with van der Waals surface area (Å²) in [5.74, 6) is 1.42. The number of ether oxygens (including phenoxy) is 2. The van der Waals surface area contributed by atoms with E-state index in [1.165, 1.54) is 4.31 Å². The molecule has 0 saturated carbocycles. The van der Waals surface area contributed by atoms with Crippen molar-refractivity contribution in [3.63, 3.8) is 0 Å². The predicted molar refractivity (Wildman–Crippen MR) is 74.5 cm³/mol. The SMILES string of the molecule is CCCCS(=O)(=O)N(C)c1ccc2c(c1)OCCO2. The highest BCUT2D eigenvalue weighted by molar-refractivity contribution is 7.92. The summed E-state index contributed by atoms with van der Waals surface area (Å²) in [6.45, 7) is 2.99. The Morgan fingerprint density at radius 1 is 1.21 bits per heavy atom. The third-order valence-corrected chi connectivity index (χ3v) is 4.91. The average Bonchev–Trinajstić information content (AvgIpc) is 2.44. The maximum absolute atomic E-state index is 12.1.